The molecule has 0 aromatic heterocycles. The summed E-state index contributed by atoms with van der Waals surface area (Å²) in [5.74, 6) is 0.0735. The first-order chi connectivity index (χ1) is 10.9. The summed E-state index contributed by atoms with van der Waals surface area (Å²) in [4.78, 5) is 23.3. The number of hydrogen-bond donors (Lipinski definition) is 3. The van der Waals surface area contributed by atoms with E-state index in [0.29, 0.717) is 5.92 Å². The van der Waals surface area contributed by atoms with Gasteiger partial charge in [0, 0.05) is 12.6 Å². The third kappa shape index (κ3) is 8.80. The Kier molecular flexibility index (Phi) is 8.08. The fourth-order valence-corrected chi connectivity index (χ4v) is 1.99. The summed E-state index contributed by atoms with van der Waals surface area (Å²) in [5.41, 5.74) is 0.785. The van der Waals surface area contributed by atoms with Crippen molar-refractivity contribution in [2.45, 2.75) is 46.2 Å². The number of rotatable bonds is 8. The Balaban J connectivity index is 2.19. The van der Waals surface area contributed by atoms with Gasteiger partial charge in [-0.05, 0) is 43.4 Å². The second-order valence-electron chi connectivity index (χ2n) is 6.10. The lowest BCUT2D eigenvalue weighted by molar-refractivity contribution is -0.120. The highest BCUT2D eigenvalue weighted by Crippen LogP contribution is 2.06. The number of carbonyl (C=O) groups is 2. The monoisotopic (exact) mass is 323 g/mol. The van der Waals surface area contributed by atoms with Crippen LogP contribution in [0.25, 0.3) is 0 Å². The molecule has 1 rings (SSSR count). The summed E-state index contributed by atoms with van der Waals surface area (Å²) in [6.45, 7) is 6.44. The molecule has 0 bridgehead atoms. The first-order valence-electron chi connectivity index (χ1n) is 7.92. The first-order valence-corrected chi connectivity index (χ1v) is 7.92. The molecule has 3 N–H and O–H groups in total. The molecule has 0 spiro atoms. The van der Waals surface area contributed by atoms with Gasteiger partial charge in [0.25, 0.3) is 0 Å². The molecular formula is C17H26FN3O2. The molecule has 23 heavy (non-hydrogen) atoms. The van der Waals surface area contributed by atoms with E-state index in [1.807, 2.05) is 6.92 Å². The van der Waals surface area contributed by atoms with Crippen LogP contribution in [-0.4, -0.2) is 24.5 Å². The molecule has 0 saturated heterocycles. The third-order valence-electron chi connectivity index (χ3n) is 3.36. The second-order valence-corrected chi connectivity index (χ2v) is 6.10. The molecular weight excluding hydrogens is 297 g/mol. The maximum atomic E-state index is 12.8. The molecule has 0 aliphatic rings. The number of benzene rings is 1. The van der Waals surface area contributed by atoms with Crippen LogP contribution in [0.2, 0.25) is 0 Å². The van der Waals surface area contributed by atoms with Crippen molar-refractivity contribution in [1.29, 1.82) is 0 Å². The van der Waals surface area contributed by atoms with Gasteiger partial charge in [0.1, 0.15) is 5.82 Å². The Labute approximate surface area is 137 Å². The average molecular weight is 323 g/mol. The summed E-state index contributed by atoms with van der Waals surface area (Å²) in [5, 5.41) is 7.96. The van der Waals surface area contributed by atoms with E-state index in [0.717, 1.165) is 18.4 Å². The lowest BCUT2D eigenvalue weighted by Gasteiger charge is -2.15. The number of halogens is 1. The van der Waals surface area contributed by atoms with E-state index in [1.165, 1.54) is 12.1 Å². The minimum absolute atomic E-state index is 0.0682. The van der Waals surface area contributed by atoms with Crippen LogP contribution in [-0.2, 0) is 11.3 Å². The SMILES string of the molecule is CC(C)CCC(C)NC(=O)CNC(=O)NCc1ccc(F)cc1. The van der Waals surface area contributed by atoms with E-state index < -0.39 is 6.03 Å². The van der Waals surface area contributed by atoms with Crippen LogP contribution in [0.3, 0.4) is 0 Å². The minimum atomic E-state index is -0.431. The zero-order valence-electron chi connectivity index (χ0n) is 14.0. The Morgan fingerprint density at radius 2 is 1.70 bits per heavy atom. The highest BCUT2D eigenvalue weighted by Gasteiger charge is 2.09. The number of amides is 3. The van der Waals surface area contributed by atoms with Gasteiger partial charge < -0.3 is 16.0 Å². The molecule has 1 atom stereocenters. The van der Waals surface area contributed by atoms with Crippen molar-refractivity contribution in [3.05, 3.63) is 35.6 Å². The molecule has 0 aliphatic heterocycles. The summed E-state index contributed by atoms with van der Waals surface area (Å²) in [6.07, 6.45) is 1.97. The number of carbonyl (C=O) groups excluding carboxylic acids is 2. The van der Waals surface area contributed by atoms with Gasteiger partial charge in [-0.3, -0.25) is 4.79 Å². The van der Waals surface area contributed by atoms with Crippen molar-refractivity contribution in [2.75, 3.05) is 6.54 Å². The molecule has 1 unspecified atom stereocenters. The summed E-state index contributed by atoms with van der Waals surface area (Å²) in [7, 11) is 0. The topological polar surface area (TPSA) is 70.2 Å². The zero-order valence-corrected chi connectivity index (χ0v) is 14.0. The van der Waals surface area contributed by atoms with Gasteiger partial charge in [0.05, 0.1) is 6.54 Å². The molecule has 128 valence electrons. The Morgan fingerprint density at radius 1 is 1.04 bits per heavy atom. The van der Waals surface area contributed by atoms with Gasteiger partial charge in [-0.1, -0.05) is 26.0 Å². The van der Waals surface area contributed by atoms with Crippen LogP contribution in [0.4, 0.5) is 9.18 Å². The Bertz CT molecular complexity index is 503. The fraction of sp³-hybridized carbons (Fsp3) is 0.529. The molecule has 1 aromatic carbocycles. The van der Waals surface area contributed by atoms with Crippen LogP contribution in [0, 0.1) is 11.7 Å². The molecule has 0 radical (unpaired) electrons. The van der Waals surface area contributed by atoms with Crippen molar-refractivity contribution in [1.82, 2.24) is 16.0 Å². The van der Waals surface area contributed by atoms with Crippen LogP contribution in [0.1, 0.15) is 39.2 Å². The predicted molar refractivity (Wildman–Crippen MR) is 88.3 cm³/mol. The molecule has 3 amide bonds. The largest absolute Gasteiger partial charge is 0.352 e. The predicted octanol–water partition coefficient (Wildman–Crippen LogP) is 2.57. The van der Waals surface area contributed by atoms with Crippen molar-refractivity contribution in [3.63, 3.8) is 0 Å². The van der Waals surface area contributed by atoms with E-state index in [1.54, 1.807) is 12.1 Å². The van der Waals surface area contributed by atoms with E-state index in [-0.39, 0.29) is 30.9 Å². The van der Waals surface area contributed by atoms with Gasteiger partial charge >= 0.3 is 6.03 Å². The number of nitrogens with one attached hydrogen (secondary N) is 3. The van der Waals surface area contributed by atoms with Crippen LogP contribution >= 0.6 is 0 Å². The summed E-state index contributed by atoms with van der Waals surface area (Å²) >= 11 is 0. The molecule has 0 fully saturated rings. The average Bonchev–Trinajstić information content (AvgIpc) is 2.50. The summed E-state index contributed by atoms with van der Waals surface area (Å²) < 4.78 is 12.8. The van der Waals surface area contributed by atoms with E-state index in [9.17, 15) is 14.0 Å². The lowest BCUT2D eigenvalue weighted by Crippen LogP contribution is -2.44. The number of hydrogen-bond acceptors (Lipinski definition) is 2. The van der Waals surface area contributed by atoms with Gasteiger partial charge in [-0.15, -0.1) is 0 Å². The standard InChI is InChI=1S/C17H26FN3O2/c1-12(2)4-5-13(3)21-16(22)11-20-17(23)19-10-14-6-8-15(18)9-7-14/h6-9,12-13H,4-5,10-11H2,1-3H3,(H,21,22)(H2,19,20,23). The fourth-order valence-electron chi connectivity index (χ4n) is 1.99. The zero-order chi connectivity index (χ0) is 17.2. The molecule has 0 aliphatic carbocycles. The lowest BCUT2D eigenvalue weighted by atomic mass is 10.0. The maximum absolute atomic E-state index is 12.8. The van der Waals surface area contributed by atoms with Gasteiger partial charge in [-0.25, -0.2) is 9.18 Å². The molecule has 6 heteroatoms. The third-order valence-corrected chi connectivity index (χ3v) is 3.36. The van der Waals surface area contributed by atoms with Crippen LogP contribution in [0.5, 0.6) is 0 Å². The molecule has 0 saturated carbocycles. The maximum Gasteiger partial charge on any atom is 0.315 e. The highest BCUT2D eigenvalue weighted by molar-refractivity contribution is 5.84. The van der Waals surface area contributed by atoms with E-state index >= 15 is 0 Å². The van der Waals surface area contributed by atoms with Crippen molar-refractivity contribution >= 4 is 11.9 Å². The molecule has 0 heterocycles. The van der Waals surface area contributed by atoms with Gasteiger partial charge in [0.2, 0.25) is 5.91 Å². The summed E-state index contributed by atoms with van der Waals surface area (Å²) in [6, 6.07) is 5.52. The normalized spacial score (nSPS) is 11.9. The molecule has 5 nitrogen and oxygen atoms in total. The van der Waals surface area contributed by atoms with Crippen molar-refractivity contribution in [3.8, 4) is 0 Å². The Morgan fingerprint density at radius 3 is 2.30 bits per heavy atom. The van der Waals surface area contributed by atoms with Crippen molar-refractivity contribution in [2.24, 2.45) is 5.92 Å². The first kappa shape index (κ1) is 18.9. The quantitative estimate of drug-likeness (QED) is 0.688. The second kappa shape index (κ2) is 9.82. The highest BCUT2D eigenvalue weighted by atomic mass is 19.1. The van der Waals surface area contributed by atoms with Gasteiger partial charge in [0.15, 0.2) is 0 Å². The van der Waals surface area contributed by atoms with Crippen LogP contribution in [0.15, 0.2) is 24.3 Å². The molecule has 1 aromatic rings. The Hall–Kier alpha value is -2.11. The minimum Gasteiger partial charge on any atom is -0.352 e. The van der Waals surface area contributed by atoms with E-state index in [2.05, 4.69) is 29.8 Å². The smallest absolute Gasteiger partial charge is 0.315 e. The van der Waals surface area contributed by atoms with Crippen molar-refractivity contribution < 1.29 is 14.0 Å². The number of urea groups is 1. The van der Waals surface area contributed by atoms with Crippen LogP contribution < -0.4 is 16.0 Å². The van der Waals surface area contributed by atoms with E-state index in [4.69, 9.17) is 0 Å². The van der Waals surface area contributed by atoms with Gasteiger partial charge in [-0.2, -0.15) is 0 Å².